The Bertz CT molecular complexity index is 446. The predicted molar refractivity (Wildman–Crippen MR) is 65.8 cm³/mol. The van der Waals surface area contributed by atoms with Gasteiger partial charge in [0.25, 0.3) is 0 Å². The molecule has 0 aromatic heterocycles. The lowest BCUT2D eigenvalue weighted by Gasteiger charge is -2.13. The third-order valence-corrected chi connectivity index (χ3v) is 2.65. The van der Waals surface area contributed by atoms with E-state index in [4.69, 9.17) is 4.74 Å². The molecule has 1 aromatic carbocycles. The van der Waals surface area contributed by atoms with E-state index in [0.717, 1.165) is 0 Å². The first-order chi connectivity index (χ1) is 8.81. The molecule has 0 radical (unpaired) electrons. The Morgan fingerprint density at radius 3 is 2.63 bits per heavy atom. The summed E-state index contributed by atoms with van der Waals surface area (Å²) < 4.78 is 45.9. The molecule has 0 aliphatic heterocycles. The van der Waals surface area contributed by atoms with Crippen molar-refractivity contribution in [3.8, 4) is 5.75 Å². The average Bonchev–Trinajstić information content (AvgIpc) is 2.28. The zero-order chi connectivity index (χ0) is 14.5. The standard InChI is InChI=1S/C12H12BrF3O3/c1-2-18-11(17)6-3-8-7-9(13)4-5-10(8)19-12(14,15)16/h4-5,7H,2-3,6H2,1H3. The number of alkyl halides is 3. The molecule has 19 heavy (non-hydrogen) atoms. The van der Waals surface area contributed by atoms with Crippen molar-refractivity contribution in [2.24, 2.45) is 0 Å². The molecule has 0 aliphatic carbocycles. The van der Waals surface area contributed by atoms with Gasteiger partial charge in [-0.3, -0.25) is 4.79 Å². The largest absolute Gasteiger partial charge is 0.573 e. The maximum Gasteiger partial charge on any atom is 0.573 e. The van der Waals surface area contributed by atoms with Crippen LogP contribution in [0.25, 0.3) is 0 Å². The zero-order valence-corrected chi connectivity index (χ0v) is 11.7. The van der Waals surface area contributed by atoms with E-state index in [2.05, 4.69) is 20.7 Å². The van der Waals surface area contributed by atoms with Crippen LogP contribution >= 0.6 is 15.9 Å². The number of rotatable bonds is 5. The van der Waals surface area contributed by atoms with Crippen molar-refractivity contribution in [2.45, 2.75) is 26.1 Å². The van der Waals surface area contributed by atoms with E-state index in [9.17, 15) is 18.0 Å². The van der Waals surface area contributed by atoms with Crippen LogP contribution in [-0.4, -0.2) is 18.9 Å². The van der Waals surface area contributed by atoms with Crippen LogP contribution < -0.4 is 4.74 Å². The van der Waals surface area contributed by atoms with E-state index < -0.39 is 12.3 Å². The van der Waals surface area contributed by atoms with Gasteiger partial charge in [0, 0.05) is 10.9 Å². The molecular formula is C12H12BrF3O3. The lowest BCUT2D eigenvalue weighted by atomic mass is 10.1. The maximum atomic E-state index is 12.2. The highest BCUT2D eigenvalue weighted by Gasteiger charge is 2.32. The van der Waals surface area contributed by atoms with Gasteiger partial charge in [0.15, 0.2) is 0 Å². The summed E-state index contributed by atoms with van der Waals surface area (Å²) in [5.74, 6) is -0.763. The summed E-state index contributed by atoms with van der Waals surface area (Å²) in [7, 11) is 0. The first-order valence-corrected chi connectivity index (χ1v) is 6.31. The maximum absolute atomic E-state index is 12.2. The van der Waals surface area contributed by atoms with Crippen molar-refractivity contribution in [3.05, 3.63) is 28.2 Å². The van der Waals surface area contributed by atoms with Crippen molar-refractivity contribution in [2.75, 3.05) is 6.61 Å². The highest BCUT2D eigenvalue weighted by Crippen LogP contribution is 2.29. The number of ether oxygens (including phenoxy) is 2. The SMILES string of the molecule is CCOC(=O)CCc1cc(Br)ccc1OC(F)(F)F. The molecule has 3 nitrogen and oxygen atoms in total. The van der Waals surface area contributed by atoms with Crippen LogP contribution in [0.4, 0.5) is 13.2 Å². The Labute approximate surface area is 116 Å². The molecule has 0 amide bonds. The Balaban J connectivity index is 2.79. The highest BCUT2D eigenvalue weighted by atomic mass is 79.9. The van der Waals surface area contributed by atoms with E-state index in [-0.39, 0.29) is 25.2 Å². The minimum Gasteiger partial charge on any atom is -0.466 e. The molecule has 7 heteroatoms. The van der Waals surface area contributed by atoms with Gasteiger partial charge in [0.05, 0.1) is 6.61 Å². The Kier molecular flexibility index (Phi) is 5.65. The molecular weight excluding hydrogens is 329 g/mol. The second-order valence-electron chi connectivity index (χ2n) is 3.60. The number of aryl methyl sites for hydroxylation is 1. The summed E-state index contributed by atoms with van der Waals surface area (Å²) in [5, 5.41) is 0. The molecule has 0 saturated carbocycles. The summed E-state index contributed by atoms with van der Waals surface area (Å²) in [5.41, 5.74) is 0.291. The molecule has 106 valence electrons. The van der Waals surface area contributed by atoms with Crippen molar-refractivity contribution in [1.29, 1.82) is 0 Å². The Hall–Kier alpha value is -1.24. The Morgan fingerprint density at radius 2 is 2.05 bits per heavy atom. The van der Waals surface area contributed by atoms with Gasteiger partial charge in [0.1, 0.15) is 5.75 Å². The van der Waals surface area contributed by atoms with Gasteiger partial charge < -0.3 is 9.47 Å². The van der Waals surface area contributed by atoms with Crippen LogP contribution in [0.1, 0.15) is 18.9 Å². The molecule has 1 rings (SSSR count). The zero-order valence-electron chi connectivity index (χ0n) is 10.1. The number of carbonyl (C=O) groups excluding carboxylic acids is 1. The molecule has 0 atom stereocenters. The van der Waals surface area contributed by atoms with E-state index in [1.54, 1.807) is 6.92 Å². The number of hydrogen-bond donors (Lipinski definition) is 0. The smallest absolute Gasteiger partial charge is 0.466 e. The molecule has 0 spiro atoms. The van der Waals surface area contributed by atoms with Crippen molar-refractivity contribution >= 4 is 21.9 Å². The number of esters is 1. The van der Waals surface area contributed by atoms with E-state index in [0.29, 0.717) is 10.0 Å². The molecule has 0 fully saturated rings. The van der Waals surface area contributed by atoms with E-state index >= 15 is 0 Å². The van der Waals surface area contributed by atoms with Crippen LogP contribution in [0, 0.1) is 0 Å². The first-order valence-electron chi connectivity index (χ1n) is 5.51. The number of carbonyl (C=O) groups is 1. The van der Waals surface area contributed by atoms with Crippen molar-refractivity contribution in [3.63, 3.8) is 0 Å². The van der Waals surface area contributed by atoms with Gasteiger partial charge in [-0.25, -0.2) is 0 Å². The molecule has 0 saturated heterocycles. The summed E-state index contributed by atoms with van der Waals surface area (Å²) in [6.45, 7) is 1.90. The van der Waals surface area contributed by atoms with Gasteiger partial charge in [-0.15, -0.1) is 13.2 Å². The number of benzene rings is 1. The lowest BCUT2D eigenvalue weighted by Crippen LogP contribution is -2.18. The quantitative estimate of drug-likeness (QED) is 0.764. The number of hydrogen-bond acceptors (Lipinski definition) is 3. The third kappa shape index (κ3) is 5.96. The highest BCUT2D eigenvalue weighted by molar-refractivity contribution is 9.10. The first kappa shape index (κ1) is 15.8. The predicted octanol–water partition coefficient (Wildman–Crippen LogP) is 3.84. The van der Waals surface area contributed by atoms with Gasteiger partial charge >= 0.3 is 12.3 Å². The van der Waals surface area contributed by atoms with Crippen LogP contribution in [0.15, 0.2) is 22.7 Å². The van der Waals surface area contributed by atoms with E-state index in [1.165, 1.54) is 18.2 Å². The van der Waals surface area contributed by atoms with Crippen LogP contribution in [0.2, 0.25) is 0 Å². The van der Waals surface area contributed by atoms with Crippen LogP contribution in [0.3, 0.4) is 0 Å². The van der Waals surface area contributed by atoms with Gasteiger partial charge in [0.2, 0.25) is 0 Å². The van der Waals surface area contributed by atoms with Crippen molar-refractivity contribution < 1.29 is 27.4 Å². The average molecular weight is 341 g/mol. The Morgan fingerprint density at radius 1 is 1.37 bits per heavy atom. The summed E-state index contributed by atoms with van der Waals surface area (Å²) in [6.07, 6.45) is -4.64. The minimum atomic E-state index is -4.76. The topological polar surface area (TPSA) is 35.5 Å². The summed E-state index contributed by atoms with van der Waals surface area (Å²) in [4.78, 5) is 11.2. The second kappa shape index (κ2) is 6.79. The second-order valence-corrected chi connectivity index (χ2v) is 4.52. The molecule has 1 aromatic rings. The van der Waals surface area contributed by atoms with Crippen molar-refractivity contribution in [1.82, 2.24) is 0 Å². The lowest BCUT2D eigenvalue weighted by molar-refractivity contribution is -0.274. The molecule has 0 bridgehead atoms. The monoisotopic (exact) mass is 340 g/mol. The van der Waals surface area contributed by atoms with E-state index in [1.807, 2.05) is 0 Å². The van der Waals surface area contributed by atoms with Crippen LogP contribution in [-0.2, 0) is 16.0 Å². The summed E-state index contributed by atoms with van der Waals surface area (Å²) >= 11 is 3.16. The third-order valence-electron chi connectivity index (χ3n) is 2.15. The molecule has 0 unspecified atom stereocenters. The fourth-order valence-electron chi connectivity index (χ4n) is 1.44. The molecule has 0 N–H and O–H groups in total. The van der Waals surface area contributed by atoms with Gasteiger partial charge in [-0.2, -0.15) is 0 Å². The van der Waals surface area contributed by atoms with Gasteiger partial charge in [-0.05, 0) is 37.1 Å². The normalized spacial score (nSPS) is 11.2. The number of halogens is 4. The fourth-order valence-corrected chi connectivity index (χ4v) is 1.85. The fraction of sp³-hybridized carbons (Fsp3) is 0.417. The summed E-state index contributed by atoms with van der Waals surface area (Å²) in [6, 6.07) is 4.13. The molecule has 0 heterocycles. The molecule has 0 aliphatic rings. The van der Waals surface area contributed by atoms with Gasteiger partial charge in [-0.1, -0.05) is 15.9 Å². The minimum absolute atomic E-state index is 0.00148. The van der Waals surface area contributed by atoms with Crippen LogP contribution in [0.5, 0.6) is 5.75 Å².